The Hall–Kier alpha value is -1.02. The predicted octanol–water partition coefficient (Wildman–Crippen LogP) is 2.44. The summed E-state index contributed by atoms with van der Waals surface area (Å²) in [5.41, 5.74) is 2.97. The number of hydrogen-bond acceptors (Lipinski definition) is 2. The number of para-hydroxylation sites is 1. The Labute approximate surface area is 98.7 Å². The van der Waals surface area contributed by atoms with Crippen molar-refractivity contribution in [2.75, 3.05) is 31.1 Å². The molecule has 0 spiro atoms. The second-order valence-corrected chi connectivity index (χ2v) is 4.47. The van der Waals surface area contributed by atoms with E-state index in [-0.39, 0.29) is 0 Å². The van der Waals surface area contributed by atoms with Crippen LogP contribution in [0.15, 0.2) is 24.3 Å². The molecule has 2 rings (SSSR count). The van der Waals surface area contributed by atoms with Crippen LogP contribution in [0.5, 0.6) is 0 Å². The molecule has 0 unspecified atom stereocenters. The van der Waals surface area contributed by atoms with Crippen LogP contribution in [0.1, 0.15) is 25.3 Å². The van der Waals surface area contributed by atoms with Crippen molar-refractivity contribution in [2.45, 2.75) is 26.2 Å². The Bertz CT molecular complexity index is 322. The van der Waals surface area contributed by atoms with E-state index in [9.17, 15) is 0 Å². The van der Waals surface area contributed by atoms with Crippen molar-refractivity contribution in [3.63, 3.8) is 0 Å². The minimum absolute atomic E-state index is 1.15. The summed E-state index contributed by atoms with van der Waals surface area (Å²) in [5.74, 6) is 0. The zero-order valence-electron chi connectivity index (χ0n) is 10.2. The van der Waals surface area contributed by atoms with Gasteiger partial charge in [0.1, 0.15) is 0 Å². The van der Waals surface area contributed by atoms with E-state index < -0.39 is 0 Å². The molecule has 0 bridgehead atoms. The van der Waals surface area contributed by atoms with Gasteiger partial charge in [-0.25, -0.2) is 0 Å². The maximum absolute atomic E-state index is 3.46. The van der Waals surface area contributed by atoms with Gasteiger partial charge < -0.3 is 10.2 Å². The number of anilines is 1. The highest BCUT2D eigenvalue weighted by molar-refractivity contribution is 5.57. The molecule has 0 amide bonds. The third kappa shape index (κ3) is 2.76. The van der Waals surface area contributed by atoms with Gasteiger partial charge in [-0.15, -0.1) is 0 Å². The zero-order valence-corrected chi connectivity index (χ0v) is 10.2. The van der Waals surface area contributed by atoms with E-state index in [0.29, 0.717) is 0 Å². The van der Waals surface area contributed by atoms with Crippen LogP contribution in [0, 0.1) is 0 Å². The molecule has 0 saturated carbocycles. The molecule has 16 heavy (non-hydrogen) atoms. The number of nitrogens with zero attached hydrogens (tertiary/aromatic N) is 1. The van der Waals surface area contributed by atoms with Crippen LogP contribution in [-0.4, -0.2) is 26.2 Å². The van der Waals surface area contributed by atoms with Gasteiger partial charge in [0.15, 0.2) is 0 Å². The summed E-state index contributed by atoms with van der Waals surface area (Å²) in [6.45, 7) is 6.90. The number of fused-ring (bicyclic) bond motifs is 1. The first kappa shape index (κ1) is 11.5. The maximum atomic E-state index is 3.46. The number of hydrogen-bond donors (Lipinski definition) is 1. The molecule has 1 heterocycles. The van der Waals surface area contributed by atoms with Gasteiger partial charge in [0.2, 0.25) is 0 Å². The van der Waals surface area contributed by atoms with Gasteiger partial charge in [-0.1, -0.05) is 25.1 Å². The molecule has 0 radical (unpaired) electrons. The van der Waals surface area contributed by atoms with Crippen molar-refractivity contribution < 1.29 is 0 Å². The molecule has 1 aliphatic heterocycles. The molecule has 1 aliphatic rings. The SMILES string of the molecule is CCCNCCCN1CCc2ccccc21. The lowest BCUT2D eigenvalue weighted by atomic mass is 10.2. The molecule has 88 valence electrons. The van der Waals surface area contributed by atoms with Crippen LogP contribution in [-0.2, 0) is 6.42 Å². The minimum Gasteiger partial charge on any atom is -0.371 e. The van der Waals surface area contributed by atoms with E-state index in [1.807, 2.05) is 0 Å². The lowest BCUT2D eigenvalue weighted by Crippen LogP contribution is -2.26. The van der Waals surface area contributed by atoms with Crippen molar-refractivity contribution in [1.82, 2.24) is 5.32 Å². The molecule has 0 atom stereocenters. The number of nitrogens with one attached hydrogen (secondary N) is 1. The molecule has 1 aromatic carbocycles. The van der Waals surface area contributed by atoms with E-state index >= 15 is 0 Å². The number of benzene rings is 1. The van der Waals surface area contributed by atoms with Crippen molar-refractivity contribution >= 4 is 5.69 Å². The minimum atomic E-state index is 1.15. The molecule has 1 N–H and O–H groups in total. The quantitative estimate of drug-likeness (QED) is 0.738. The monoisotopic (exact) mass is 218 g/mol. The summed E-state index contributed by atoms with van der Waals surface area (Å²) >= 11 is 0. The first-order chi connectivity index (χ1) is 7.92. The molecule has 0 aliphatic carbocycles. The molecular weight excluding hydrogens is 196 g/mol. The fourth-order valence-corrected chi connectivity index (χ4v) is 2.34. The van der Waals surface area contributed by atoms with Gasteiger partial charge in [0.25, 0.3) is 0 Å². The summed E-state index contributed by atoms with van der Waals surface area (Å²) in [5, 5.41) is 3.46. The van der Waals surface area contributed by atoms with Crippen molar-refractivity contribution in [1.29, 1.82) is 0 Å². The second-order valence-electron chi connectivity index (χ2n) is 4.47. The van der Waals surface area contributed by atoms with Crippen LogP contribution >= 0.6 is 0 Å². The Morgan fingerprint density at radius 3 is 3.00 bits per heavy atom. The van der Waals surface area contributed by atoms with Gasteiger partial charge in [-0.05, 0) is 44.0 Å². The second kappa shape index (κ2) is 5.90. The topological polar surface area (TPSA) is 15.3 Å². The van der Waals surface area contributed by atoms with Crippen LogP contribution < -0.4 is 10.2 Å². The standard InChI is InChI=1S/C14H22N2/c1-2-9-15-10-5-11-16-12-8-13-6-3-4-7-14(13)16/h3-4,6-7,15H,2,5,8-12H2,1H3. The Morgan fingerprint density at radius 2 is 2.12 bits per heavy atom. The molecule has 0 fully saturated rings. The van der Waals surface area contributed by atoms with Crippen molar-refractivity contribution in [3.8, 4) is 0 Å². The molecule has 2 nitrogen and oxygen atoms in total. The summed E-state index contributed by atoms with van der Waals surface area (Å²) < 4.78 is 0. The van der Waals surface area contributed by atoms with E-state index in [1.54, 1.807) is 0 Å². The zero-order chi connectivity index (χ0) is 11.2. The lowest BCUT2D eigenvalue weighted by Gasteiger charge is -2.19. The van der Waals surface area contributed by atoms with E-state index in [2.05, 4.69) is 41.4 Å². The maximum Gasteiger partial charge on any atom is 0.0399 e. The largest absolute Gasteiger partial charge is 0.371 e. The Kier molecular flexibility index (Phi) is 4.23. The highest BCUT2D eigenvalue weighted by Crippen LogP contribution is 2.26. The third-order valence-corrected chi connectivity index (χ3v) is 3.19. The van der Waals surface area contributed by atoms with Gasteiger partial charge in [-0.2, -0.15) is 0 Å². The average molecular weight is 218 g/mol. The van der Waals surface area contributed by atoms with Crippen LogP contribution in [0.3, 0.4) is 0 Å². The van der Waals surface area contributed by atoms with E-state index in [4.69, 9.17) is 0 Å². The van der Waals surface area contributed by atoms with Crippen LogP contribution in [0.4, 0.5) is 5.69 Å². The summed E-state index contributed by atoms with van der Waals surface area (Å²) in [4.78, 5) is 2.52. The Morgan fingerprint density at radius 1 is 1.25 bits per heavy atom. The van der Waals surface area contributed by atoms with Gasteiger partial charge in [0.05, 0.1) is 0 Å². The van der Waals surface area contributed by atoms with Crippen molar-refractivity contribution in [3.05, 3.63) is 29.8 Å². The fraction of sp³-hybridized carbons (Fsp3) is 0.571. The van der Waals surface area contributed by atoms with E-state index in [0.717, 1.165) is 13.1 Å². The highest BCUT2D eigenvalue weighted by Gasteiger charge is 2.16. The smallest absolute Gasteiger partial charge is 0.0399 e. The van der Waals surface area contributed by atoms with E-state index in [1.165, 1.54) is 43.6 Å². The molecule has 0 saturated heterocycles. The Balaban J connectivity index is 1.76. The third-order valence-electron chi connectivity index (χ3n) is 3.19. The van der Waals surface area contributed by atoms with Gasteiger partial charge >= 0.3 is 0 Å². The first-order valence-electron chi connectivity index (χ1n) is 6.45. The summed E-state index contributed by atoms with van der Waals surface area (Å²) in [7, 11) is 0. The van der Waals surface area contributed by atoms with Crippen LogP contribution in [0.2, 0.25) is 0 Å². The summed E-state index contributed by atoms with van der Waals surface area (Å²) in [6, 6.07) is 8.80. The molecule has 2 heteroatoms. The molecule has 0 aromatic heterocycles. The first-order valence-corrected chi connectivity index (χ1v) is 6.45. The molecule has 1 aromatic rings. The van der Waals surface area contributed by atoms with Gasteiger partial charge in [0, 0.05) is 18.8 Å². The normalized spacial score (nSPS) is 14.2. The number of rotatable bonds is 6. The lowest BCUT2D eigenvalue weighted by molar-refractivity contribution is 0.631. The predicted molar refractivity (Wildman–Crippen MR) is 70.1 cm³/mol. The molecular formula is C14H22N2. The highest BCUT2D eigenvalue weighted by atomic mass is 15.1. The van der Waals surface area contributed by atoms with Gasteiger partial charge in [-0.3, -0.25) is 0 Å². The van der Waals surface area contributed by atoms with Crippen LogP contribution in [0.25, 0.3) is 0 Å². The fourth-order valence-electron chi connectivity index (χ4n) is 2.34. The van der Waals surface area contributed by atoms with Crippen molar-refractivity contribution in [2.24, 2.45) is 0 Å². The average Bonchev–Trinajstić information content (AvgIpc) is 2.73. The summed E-state index contributed by atoms with van der Waals surface area (Å²) in [6.07, 6.45) is 3.69.